The van der Waals surface area contributed by atoms with Crippen LogP contribution in [0.15, 0.2) is 47.1 Å². The molecule has 36 heavy (non-hydrogen) atoms. The lowest BCUT2D eigenvalue weighted by Crippen LogP contribution is -2.33. The quantitative estimate of drug-likeness (QED) is 0.206. The molecule has 0 saturated carbocycles. The number of aryl methyl sites for hydroxylation is 1. The van der Waals surface area contributed by atoms with Crippen LogP contribution >= 0.6 is 0 Å². The van der Waals surface area contributed by atoms with Crippen molar-refractivity contribution >= 4 is 6.21 Å². The fourth-order valence-corrected chi connectivity index (χ4v) is 4.32. The van der Waals surface area contributed by atoms with E-state index in [2.05, 4.69) is 47.7 Å². The van der Waals surface area contributed by atoms with Crippen LogP contribution in [0.3, 0.4) is 0 Å². The van der Waals surface area contributed by atoms with Gasteiger partial charge in [0.1, 0.15) is 30.9 Å². The van der Waals surface area contributed by atoms with E-state index in [0.717, 1.165) is 49.1 Å². The summed E-state index contributed by atoms with van der Waals surface area (Å²) in [6.07, 6.45) is 14.8. The van der Waals surface area contributed by atoms with Crippen molar-refractivity contribution in [1.82, 2.24) is 10.6 Å². The summed E-state index contributed by atoms with van der Waals surface area (Å²) < 4.78 is 10.9. The third kappa shape index (κ3) is 8.59. The SMILES string of the molecule is CCCCC1C=C[C-](CCc2ccc(O)c(OCC(NC)C3=C[C+](C(C)CNCC(C)O)C=N3)c2)[OH+]1. The lowest BCUT2D eigenvalue weighted by atomic mass is 9.95. The first-order valence-corrected chi connectivity index (χ1v) is 13.3. The standard InChI is InChI=1S/C29H43N3O4/c1-5-6-7-24-11-12-25(36-24)10-8-22-9-13-28(34)29(14-22)35-19-27(30-4)26-15-23(18-32-26)20(2)16-31-17-21(3)33/h9,11-15,18,20-21,24,27,30-31,33,36H,5-8,10,16-17,19H2,1-4H3/p+1. The van der Waals surface area contributed by atoms with Gasteiger partial charge in [0, 0.05) is 19.5 Å². The van der Waals surface area contributed by atoms with Gasteiger partial charge in [-0.2, -0.15) is 0 Å². The highest BCUT2D eigenvalue weighted by molar-refractivity contribution is 5.83. The Balaban J connectivity index is 1.49. The molecule has 4 atom stereocenters. The molecule has 2 aliphatic heterocycles. The Morgan fingerprint density at radius 2 is 2.11 bits per heavy atom. The summed E-state index contributed by atoms with van der Waals surface area (Å²) in [5.41, 5.74) is 2.03. The van der Waals surface area contributed by atoms with Crippen molar-refractivity contribution in [3.05, 3.63) is 59.7 Å². The number of unbranched alkanes of at least 4 members (excludes halogenated alkanes) is 1. The number of aliphatic hydroxyl groups excluding tert-OH is 1. The summed E-state index contributed by atoms with van der Waals surface area (Å²) in [4.78, 5) is 4.60. The van der Waals surface area contributed by atoms with Crippen LogP contribution < -0.4 is 15.4 Å². The number of phenolic OH excluding ortho intramolecular Hbond substituents is 1. The number of allylic oxidation sites excluding steroid dienone is 1. The number of phenols is 1. The topological polar surface area (TPSA) is 98.9 Å². The summed E-state index contributed by atoms with van der Waals surface area (Å²) in [6, 6.07) is 5.48. The van der Waals surface area contributed by atoms with Crippen LogP contribution in [0.5, 0.6) is 11.5 Å². The number of likely N-dealkylation sites (N-methyl/N-ethyl adjacent to an activating group) is 1. The minimum absolute atomic E-state index is 0.0996. The first-order valence-electron chi connectivity index (χ1n) is 13.3. The van der Waals surface area contributed by atoms with Crippen molar-refractivity contribution in [2.24, 2.45) is 10.9 Å². The Labute approximate surface area is 216 Å². The van der Waals surface area contributed by atoms with Crippen molar-refractivity contribution in [3.8, 4) is 11.5 Å². The summed E-state index contributed by atoms with van der Waals surface area (Å²) in [6.45, 7) is 7.83. The maximum atomic E-state index is 10.4. The van der Waals surface area contributed by atoms with E-state index in [9.17, 15) is 10.2 Å². The average Bonchev–Trinajstić information content (AvgIpc) is 3.53. The van der Waals surface area contributed by atoms with Crippen molar-refractivity contribution in [2.45, 2.75) is 71.1 Å². The third-order valence-corrected chi connectivity index (χ3v) is 6.64. The largest absolute Gasteiger partial charge is 0.504 e. The molecule has 4 unspecified atom stereocenters. The van der Waals surface area contributed by atoms with E-state index >= 15 is 0 Å². The molecule has 3 rings (SSSR count). The zero-order chi connectivity index (χ0) is 25.9. The fraction of sp³-hybridized carbons (Fsp3) is 0.552. The molecule has 198 valence electrons. The van der Waals surface area contributed by atoms with Crippen LogP contribution in [-0.2, 0) is 6.42 Å². The van der Waals surface area contributed by atoms with Crippen molar-refractivity contribution in [1.29, 1.82) is 0 Å². The van der Waals surface area contributed by atoms with Crippen LogP contribution in [0.4, 0.5) is 0 Å². The Morgan fingerprint density at radius 3 is 2.86 bits per heavy atom. The highest BCUT2D eigenvalue weighted by Crippen LogP contribution is 2.30. The number of aliphatic imine (C=N–C) groups is 1. The second-order valence-electron chi connectivity index (χ2n) is 9.88. The first-order chi connectivity index (χ1) is 17.4. The molecule has 0 spiro atoms. The number of nitrogens with zero attached hydrogens (tertiary/aromatic N) is 1. The summed E-state index contributed by atoms with van der Waals surface area (Å²) >= 11 is 0. The normalized spacial score (nSPS) is 19.6. The summed E-state index contributed by atoms with van der Waals surface area (Å²) in [5, 5.41) is 26.3. The number of aliphatic hydroxyl groups is 3. The highest BCUT2D eigenvalue weighted by atomic mass is 16.5. The van der Waals surface area contributed by atoms with Gasteiger partial charge in [0.25, 0.3) is 0 Å². The van der Waals surface area contributed by atoms with Gasteiger partial charge in [0.15, 0.2) is 23.2 Å². The van der Waals surface area contributed by atoms with Gasteiger partial charge in [-0.05, 0) is 57.9 Å². The molecule has 1 aromatic carbocycles. The molecule has 0 fully saturated rings. The Kier molecular flexibility index (Phi) is 11.2. The van der Waals surface area contributed by atoms with Gasteiger partial charge in [-0.3, -0.25) is 5.32 Å². The molecule has 0 amide bonds. The minimum atomic E-state index is -0.359. The number of hydrogen-bond donors (Lipinski definition) is 4. The van der Waals surface area contributed by atoms with Gasteiger partial charge >= 0.3 is 0 Å². The number of ether oxygens (including phenoxy) is 2. The Bertz CT molecular complexity index is 899. The predicted octanol–water partition coefficient (Wildman–Crippen LogP) is 3.63. The predicted molar refractivity (Wildman–Crippen MR) is 146 cm³/mol. The molecule has 0 aliphatic carbocycles. The van der Waals surface area contributed by atoms with Crippen molar-refractivity contribution in [2.75, 3.05) is 26.7 Å². The Morgan fingerprint density at radius 1 is 1.28 bits per heavy atom. The molecule has 0 radical (unpaired) electrons. The van der Waals surface area contributed by atoms with Crippen LogP contribution in [0, 0.1) is 17.9 Å². The van der Waals surface area contributed by atoms with Crippen LogP contribution in [0.25, 0.3) is 0 Å². The van der Waals surface area contributed by atoms with Gasteiger partial charge < -0.3 is 25.0 Å². The fourth-order valence-electron chi connectivity index (χ4n) is 4.32. The number of aromatic hydroxyl groups is 1. The van der Waals surface area contributed by atoms with Gasteiger partial charge in [0.05, 0.1) is 18.1 Å². The van der Waals surface area contributed by atoms with Crippen molar-refractivity contribution < 1.29 is 19.7 Å². The molecule has 2 aliphatic rings. The molecule has 0 saturated heterocycles. The molecule has 7 heteroatoms. The maximum Gasteiger partial charge on any atom is 0.196 e. The van der Waals surface area contributed by atoms with E-state index in [1.165, 1.54) is 12.8 Å². The lowest BCUT2D eigenvalue weighted by molar-refractivity contribution is -0.0480. The molecular weight excluding hydrogens is 454 g/mol. The van der Waals surface area contributed by atoms with E-state index in [1.54, 1.807) is 13.0 Å². The molecule has 1 aromatic rings. The molecule has 2 heterocycles. The number of benzene rings is 1. The number of hydrogen-bond acceptors (Lipinski definition) is 6. The van der Waals surface area contributed by atoms with E-state index < -0.39 is 0 Å². The lowest BCUT2D eigenvalue weighted by Gasteiger charge is -2.18. The second-order valence-corrected chi connectivity index (χ2v) is 9.88. The van der Waals surface area contributed by atoms with E-state index in [-0.39, 0.29) is 23.8 Å². The monoisotopic (exact) mass is 498 g/mol. The average molecular weight is 499 g/mol. The van der Waals surface area contributed by atoms with Gasteiger partial charge in [-0.15, -0.1) is 17.1 Å². The minimum Gasteiger partial charge on any atom is -0.504 e. The number of rotatable bonds is 16. The highest BCUT2D eigenvalue weighted by Gasteiger charge is 2.32. The number of nitrogens with one attached hydrogen (secondary N) is 2. The Hall–Kier alpha value is -2.45. The first kappa shape index (κ1) is 28.1. The summed E-state index contributed by atoms with van der Waals surface area (Å²) in [7, 11) is 1.88. The molecule has 5 N–H and O–H groups in total. The van der Waals surface area contributed by atoms with Gasteiger partial charge in [-0.25, -0.2) is 0 Å². The van der Waals surface area contributed by atoms with Gasteiger partial charge in [0.2, 0.25) is 0 Å². The smallest absolute Gasteiger partial charge is 0.196 e. The van der Waals surface area contributed by atoms with Gasteiger partial charge in [-0.1, -0.05) is 19.4 Å². The van der Waals surface area contributed by atoms with E-state index in [4.69, 9.17) is 9.47 Å². The molecule has 7 nitrogen and oxygen atoms in total. The van der Waals surface area contributed by atoms with E-state index in [0.29, 0.717) is 25.0 Å². The van der Waals surface area contributed by atoms with Crippen LogP contribution in [0.2, 0.25) is 0 Å². The third-order valence-electron chi connectivity index (χ3n) is 6.64. The van der Waals surface area contributed by atoms with Crippen LogP contribution in [0.1, 0.15) is 52.0 Å². The van der Waals surface area contributed by atoms with E-state index in [1.807, 2.05) is 25.4 Å². The molecule has 0 aromatic heterocycles. The molecular formula is C29H44N3O4+. The van der Waals surface area contributed by atoms with Crippen molar-refractivity contribution in [3.63, 3.8) is 0 Å². The summed E-state index contributed by atoms with van der Waals surface area (Å²) in [5.74, 6) is 2.06. The zero-order valence-corrected chi connectivity index (χ0v) is 22.2. The zero-order valence-electron chi connectivity index (χ0n) is 22.2. The van der Waals surface area contributed by atoms with Crippen LogP contribution in [-0.4, -0.2) is 66.2 Å². The molecule has 0 bridgehead atoms. The maximum absolute atomic E-state index is 10.4. The second kappa shape index (κ2) is 14.3.